The van der Waals surface area contributed by atoms with E-state index in [9.17, 15) is 18.0 Å². The number of amides is 3. The predicted molar refractivity (Wildman–Crippen MR) is 76.3 cm³/mol. The molecule has 21 heavy (non-hydrogen) atoms. The molecule has 0 saturated carbocycles. The summed E-state index contributed by atoms with van der Waals surface area (Å²) in [6.07, 6.45) is 1.59. The normalized spacial score (nSPS) is 21.5. The Morgan fingerprint density at radius 3 is 2.52 bits per heavy atom. The molecule has 0 aromatic heterocycles. The molecule has 3 rings (SSSR count). The van der Waals surface area contributed by atoms with Crippen molar-refractivity contribution >= 4 is 21.8 Å². The third-order valence-electron chi connectivity index (χ3n) is 3.96. The average molecular weight is 308 g/mol. The van der Waals surface area contributed by atoms with Gasteiger partial charge in [0.1, 0.15) is 15.9 Å². The van der Waals surface area contributed by atoms with Crippen LogP contribution in [0.3, 0.4) is 0 Å². The molecule has 1 unspecified atom stereocenters. The van der Waals surface area contributed by atoms with E-state index in [2.05, 4.69) is 0 Å². The second-order valence-corrected chi connectivity index (χ2v) is 7.78. The summed E-state index contributed by atoms with van der Waals surface area (Å²) in [7, 11) is -3.21. The number of sulfone groups is 1. The minimum absolute atomic E-state index is 0.0696. The molecule has 112 valence electrons. The maximum absolute atomic E-state index is 12.3. The molecule has 1 aromatic carbocycles. The van der Waals surface area contributed by atoms with Crippen molar-refractivity contribution < 1.29 is 18.0 Å². The first kappa shape index (κ1) is 14.1. The number of rotatable bonds is 3. The number of carbonyl (C=O) groups is 2. The van der Waals surface area contributed by atoms with Crippen LogP contribution in [0.4, 0.5) is 4.79 Å². The Kier molecular flexibility index (Phi) is 3.24. The Morgan fingerprint density at radius 2 is 1.86 bits per heavy atom. The molecule has 1 aromatic rings. The lowest BCUT2D eigenvalue weighted by Gasteiger charge is -2.28. The van der Waals surface area contributed by atoms with Gasteiger partial charge in [-0.1, -0.05) is 24.3 Å². The van der Waals surface area contributed by atoms with Crippen molar-refractivity contribution in [3.8, 4) is 0 Å². The minimum Gasteiger partial charge on any atom is -0.308 e. The molecule has 1 fully saturated rings. The van der Waals surface area contributed by atoms with E-state index in [1.54, 1.807) is 0 Å². The standard InChI is InChI=1S/C14H16N2O4S/c1-21(19,20)7-6-15-13(17)12-8-10-4-2-3-5-11(10)9-16(12)14(15)18/h2-5,12H,6-9H2,1H3. The van der Waals surface area contributed by atoms with Crippen LogP contribution in [0.15, 0.2) is 24.3 Å². The summed E-state index contributed by atoms with van der Waals surface area (Å²) in [4.78, 5) is 27.3. The van der Waals surface area contributed by atoms with E-state index < -0.39 is 15.9 Å². The topological polar surface area (TPSA) is 74.8 Å². The molecular weight excluding hydrogens is 292 g/mol. The van der Waals surface area contributed by atoms with Crippen molar-refractivity contribution in [1.29, 1.82) is 0 Å². The highest BCUT2D eigenvalue weighted by molar-refractivity contribution is 7.90. The molecular formula is C14H16N2O4S. The molecule has 0 bridgehead atoms. The van der Waals surface area contributed by atoms with Gasteiger partial charge in [0.15, 0.2) is 0 Å². The van der Waals surface area contributed by atoms with E-state index in [-0.39, 0.29) is 24.2 Å². The average Bonchev–Trinajstić information content (AvgIpc) is 2.66. The smallest absolute Gasteiger partial charge is 0.308 e. The second-order valence-electron chi connectivity index (χ2n) is 5.52. The monoisotopic (exact) mass is 308 g/mol. The number of hydrogen-bond acceptors (Lipinski definition) is 4. The first-order valence-corrected chi connectivity index (χ1v) is 8.79. The van der Waals surface area contributed by atoms with Crippen molar-refractivity contribution in [3.05, 3.63) is 35.4 Å². The number of carbonyl (C=O) groups excluding carboxylic acids is 2. The summed E-state index contributed by atoms with van der Waals surface area (Å²) in [5.74, 6) is -0.490. The first-order chi connectivity index (χ1) is 9.87. The zero-order valence-electron chi connectivity index (χ0n) is 11.7. The van der Waals surface area contributed by atoms with Gasteiger partial charge >= 0.3 is 6.03 Å². The molecule has 2 aliphatic heterocycles. The van der Waals surface area contributed by atoms with E-state index in [4.69, 9.17) is 0 Å². The van der Waals surface area contributed by atoms with Crippen LogP contribution >= 0.6 is 0 Å². The van der Waals surface area contributed by atoms with Gasteiger partial charge in [-0.15, -0.1) is 0 Å². The van der Waals surface area contributed by atoms with Crippen molar-refractivity contribution in [2.75, 3.05) is 18.6 Å². The number of fused-ring (bicyclic) bond motifs is 2. The molecule has 1 saturated heterocycles. The predicted octanol–water partition coefficient (Wildman–Crippen LogP) is 0.420. The maximum Gasteiger partial charge on any atom is 0.327 e. The summed E-state index contributed by atoms with van der Waals surface area (Å²) in [6, 6.07) is 6.85. The van der Waals surface area contributed by atoms with Gasteiger partial charge in [-0.05, 0) is 11.1 Å². The molecule has 0 radical (unpaired) electrons. The van der Waals surface area contributed by atoms with Gasteiger partial charge in [0.2, 0.25) is 0 Å². The van der Waals surface area contributed by atoms with Crippen molar-refractivity contribution in [2.24, 2.45) is 0 Å². The number of urea groups is 1. The van der Waals surface area contributed by atoms with Gasteiger partial charge in [-0.2, -0.15) is 0 Å². The highest BCUT2D eigenvalue weighted by Gasteiger charge is 2.46. The molecule has 0 N–H and O–H groups in total. The van der Waals surface area contributed by atoms with Crippen LogP contribution in [-0.2, 0) is 27.6 Å². The van der Waals surface area contributed by atoms with Crippen molar-refractivity contribution in [3.63, 3.8) is 0 Å². The molecule has 1 atom stereocenters. The van der Waals surface area contributed by atoms with Crippen molar-refractivity contribution in [1.82, 2.24) is 9.80 Å². The zero-order valence-corrected chi connectivity index (χ0v) is 12.5. The Balaban J connectivity index is 1.83. The van der Waals surface area contributed by atoms with Crippen LogP contribution in [-0.4, -0.2) is 54.8 Å². The van der Waals surface area contributed by atoms with E-state index in [1.165, 1.54) is 4.90 Å². The summed E-state index contributed by atoms with van der Waals surface area (Å²) in [5, 5.41) is 0. The fourth-order valence-electron chi connectivity index (χ4n) is 2.84. The number of hydrogen-bond donors (Lipinski definition) is 0. The van der Waals surface area contributed by atoms with Crippen LogP contribution in [0.2, 0.25) is 0 Å². The minimum atomic E-state index is -3.21. The molecule has 0 aliphatic carbocycles. The van der Waals surface area contributed by atoms with E-state index in [0.717, 1.165) is 22.3 Å². The number of nitrogens with zero attached hydrogens (tertiary/aromatic N) is 2. The fourth-order valence-corrected chi connectivity index (χ4v) is 3.35. The maximum atomic E-state index is 12.3. The van der Waals surface area contributed by atoms with E-state index in [0.29, 0.717) is 13.0 Å². The SMILES string of the molecule is CS(=O)(=O)CCN1C(=O)C2Cc3ccccc3CN2C1=O. The molecule has 7 heteroatoms. The van der Waals surface area contributed by atoms with Gasteiger partial charge in [0, 0.05) is 25.8 Å². The summed E-state index contributed by atoms with van der Waals surface area (Å²) in [6.45, 7) is 0.334. The third kappa shape index (κ3) is 2.53. The Morgan fingerprint density at radius 1 is 1.19 bits per heavy atom. The van der Waals surface area contributed by atoms with Crippen molar-refractivity contribution in [2.45, 2.75) is 19.0 Å². The zero-order chi connectivity index (χ0) is 15.2. The van der Waals surface area contributed by atoms with E-state index >= 15 is 0 Å². The van der Waals surface area contributed by atoms with Crippen LogP contribution in [0.5, 0.6) is 0 Å². The molecule has 3 amide bonds. The van der Waals surface area contributed by atoms with Crippen LogP contribution in [0.1, 0.15) is 11.1 Å². The highest BCUT2D eigenvalue weighted by Crippen LogP contribution is 2.29. The van der Waals surface area contributed by atoms with Gasteiger partial charge in [0.25, 0.3) is 5.91 Å². The third-order valence-corrected chi connectivity index (χ3v) is 4.89. The van der Waals surface area contributed by atoms with Crippen LogP contribution in [0, 0.1) is 0 Å². The second kappa shape index (κ2) is 4.84. The van der Waals surface area contributed by atoms with Gasteiger partial charge in [-0.25, -0.2) is 13.2 Å². The Hall–Kier alpha value is -1.89. The van der Waals surface area contributed by atoms with Gasteiger partial charge in [-0.3, -0.25) is 9.69 Å². The van der Waals surface area contributed by atoms with Crippen LogP contribution in [0.25, 0.3) is 0 Å². The fraction of sp³-hybridized carbons (Fsp3) is 0.429. The lowest BCUT2D eigenvalue weighted by atomic mass is 9.95. The number of imide groups is 1. The molecule has 6 nitrogen and oxygen atoms in total. The highest BCUT2D eigenvalue weighted by atomic mass is 32.2. The van der Waals surface area contributed by atoms with E-state index in [1.807, 2.05) is 24.3 Å². The lowest BCUT2D eigenvalue weighted by Crippen LogP contribution is -2.40. The summed E-state index contributed by atoms with van der Waals surface area (Å²) in [5.41, 5.74) is 2.12. The summed E-state index contributed by atoms with van der Waals surface area (Å²) >= 11 is 0. The number of benzene rings is 1. The molecule has 0 spiro atoms. The Labute approximate surface area is 123 Å². The van der Waals surface area contributed by atoms with Gasteiger partial charge in [0.05, 0.1) is 5.75 Å². The Bertz CT molecular complexity index is 670. The molecule has 2 heterocycles. The largest absolute Gasteiger partial charge is 0.327 e. The quantitative estimate of drug-likeness (QED) is 0.759. The van der Waals surface area contributed by atoms with Gasteiger partial charge < -0.3 is 4.90 Å². The first-order valence-electron chi connectivity index (χ1n) is 6.73. The summed E-state index contributed by atoms with van der Waals surface area (Å²) < 4.78 is 22.5. The molecule has 2 aliphatic rings. The lowest BCUT2D eigenvalue weighted by molar-refractivity contribution is -0.128. The van der Waals surface area contributed by atoms with Crippen LogP contribution < -0.4 is 0 Å².